The second-order valence-electron chi connectivity index (χ2n) is 2.93. The van der Waals surface area contributed by atoms with Gasteiger partial charge in [0, 0.05) is 12.1 Å². The zero-order valence-corrected chi connectivity index (χ0v) is 7.59. The molecule has 3 nitrogen and oxygen atoms in total. The maximum atomic E-state index is 10.8. The van der Waals surface area contributed by atoms with Crippen molar-refractivity contribution in [3.8, 4) is 0 Å². The molecule has 1 heterocycles. The topological polar surface area (TPSA) is 42.9 Å². The fraction of sp³-hybridized carbons (Fsp3) is 0.444. The molecule has 0 aromatic carbocycles. The summed E-state index contributed by atoms with van der Waals surface area (Å²) in [4.78, 5) is 19.0. The number of nitrogens with zero attached hydrogens (tertiary/aromatic N) is 2. The second kappa shape index (κ2) is 3.43. The number of hydrogen-bond acceptors (Lipinski definition) is 3. The molecule has 0 bridgehead atoms. The molecule has 0 aliphatic heterocycles. The number of ketones is 1. The minimum absolute atomic E-state index is 0.132. The highest BCUT2D eigenvalue weighted by molar-refractivity contribution is 5.77. The molecule has 0 amide bonds. The number of carbonyl (C=O) groups excluding carboxylic acids is 1. The lowest BCUT2D eigenvalue weighted by Gasteiger charge is -1.99. The smallest absolute Gasteiger partial charge is 0.135 e. The Kier molecular flexibility index (Phi) is 2.53. The lowest BCUT2D eigenvalue weighted by Crippen LogP contribution is -2.02. The van der Waals surface area contributed by atoms with E-state index in [1.165, 1.54) is 0 Å². The molecule has 0 aliphatic carbocycles. The third-order valence-electron chi connectivity index (χ3n) is 1.45. The summed E-state index contributed by atoms with van der Waals surface area (Å²) in [5.41, 5.74) is 1.73. The molecule has 0 atom stereocenters. The van der Waals surface area contributed by atoms with Gasteiger partial charge in [0.2, 0.25) is 0 Å². The van der Waals surface area contributed by atoms with E-state index >= 15 is 0 Å². The summed E-state index contributed by atoms with van der Waals surface area (Å²) in [6.07, 6.45) is 0.407. The van der Waals surface area contributed by atoms with E-state index in [2.05, 4.69) is 9.97 Å². The van der Waals surface area contributed by atoms with Crippen LogP contribution in [0.1, 0.15) is 24.1 Å². The third-order valence-corrected chi connectivity index (χ3v) is 1.45. The molecule has 1 aromatic heterocycles. The zero-order chi connectivity index (χ0) is 9.14. The van der Waals surface area contributed by atoms with E-state index in [1.807, 2.05) is 19.9 Å². The summed E-state index contributed by atoms with van der Waals surface area (Å²) in [7, 11) is 0. The molecule has 64 valence electrons. The fourth-order valence-corrected chi connectivity index (χ4v) is 1.14. The van der Waals surface area contributed by atoms with Crippen LogP contribution in [-0.4, -0.2) is 15.8 Å². The Labute approximate surface area is 71.9 Å². The van der Waals surface area contributed by atoms with E-state index in [9.17, 15) is 4.79 Å². The normalized spacial score (nSPS) is 9.92. The number of hydrogen-bond donors (Lipinski definition) is 0. The first-order valence-electron chi connectivity index (χ1n) is 3.88. The van der Waals surface area contributed by atoms with Crippen LogP contribution >= 0.6 is 0 Å². The Morgan fingerprint density at radius 2 is 2.08 bits per heavy atom. The number of Topliss-reactive ketones (excluding diaryl/α,β-unsaturated/α-hetero) is 1. The highest BCUT2D eigenvalue weighted by Crippen LogP contribution is 2.00. The second-order valence-corrected chi connectivity index (χ2v) is 2.93. The van der Waals surface area contributed by atoms with Crippen LogP contribution < -0.4 is 0 Å². The number of aryl methyl sites for hydroxylation is 2. The molecule has 0 fully saturated rings. The Morgan fingerprint density at radius 1 is 1.42 bits per heavy atom. The van der Waals surface area contributed by atoms with Crippen LogP contribution in [0.2, 0.25) is 0 Å². The summed E-state index contributed by atoms with van der Waals surface area (Å²) >= 11 is 0. The first-order chi connectivity index (χ1) is 5.58. The van der Waals surface area contributed by atoms with Crippen LogP contribution in [0, 0.1) is 13.8 Å². The number of carbonyl (C=O) groups is 1. The molecule has 12 heavy (non-hydrogen) atoms. The van der Waals surface area contributed by atoms with Gasteiger partial charge in [-0.2, -0.15) is 0 Å². The molecule has 1 rings (SSSR count). The number of rotatable bonds is 2. The molecule has 0 saturated carbocycles. The molecule has 0 unspecified atom stereocenters. The molecular formula is C9H12N2O. The van der Waals surface area contributed by atoms with Gasteiger partial charge in [-0.25, -0.2) is 9.97 Å². The summed E-state index contributed by atoms with van der Waals surface area (Å²) < 4.78 is 0. The van der Waals surface area contributed by atoms with Crippen molar-refractivity contribution >= 4 is 5.78 Å². The molecule has 3 heteroatoms. The van der Waals surface area contributed by atoms with Crippen LogP contribution in [0.25, 0.3) is 0 Å². The van der Waals surface area contributed by atoms with Gasteiger partial charge in [-0.3, -0.25) is 4.79 Å². The molecule has 0 saturated heterocycles. The molecule has 0 spiro atoms. The molecular weight excluding hydrogens is 152 g/mol. The molecule has 0 aliphatic rings. The highest BCUT2D eigenvalue weighted by Gasteiger charge is 2.01. The van der Waals surface area contributed by atoms with E-state index in [-0.39, 0.29) is 5.78 Å². The van der Waals surface area contributed by atoms with Gasteiger partial charge in [-0.15, -0.1) is 0 Å². The third kappa shape index (κ3) is 2.42. The van der Waals surface area contributed by atoms with Gasteiger partial charge in [0.15, 0.2) is 0 Å². The Bertz CT molecular complexity index is 287. The van der Waals surface area contributed by atoms with Gasteiger partial charge in [-0.1, -0.05) is 0 Å². The maximum absolute atomic E-state index is 10.8. The maximum Gasteiger partial charge on any atom is 0.135 e. The Morgan fingerprint density at radius 3 is 2.58 bits per heavy atom. The van der Waals surface area contributed by atoms with Gasteiger partial charge < -0.3 is 0 Å². The molecule has 0 radical (unpaired) electrons. The Hall–Kier alpha value is -1.25. The first-order valence-corrected chi connectivity index (χ1v) is 3.88. The average Bonchev–Trinajstić information content (AvgIpc) is 1.81. The van der Waals surface area contributed by atoms with E-state index < -0.39 is 0 Å². The zero-order valence-electron chi connectivity index (χ0n) is 7.59. The van der Waals surface area contributed by atoms with Crippen LogP contribution in [0.3, 0.4) is 0 Å². The van der Waals surface area contributed by atoms with Crippen molar-refractivity contribution < 1.29 is 4.79 Å². The fourth-order valence-electron chi connectivity index (χ4n) is 1.14. The van der Waals surface area contributed by atoms with Crippen LogP contribution in [-0.2, 0) is 11.2 Å². The van der Waals surface area contributed by atoms with Gasteiger partial charge >= 0.3 is 0 Å². The van der Waals surface area contributed by atoms with E-state index in [1.54, 1.807) is 6.92 Å². The Balaban J connectivity index is 2.93. The van der Waals surface area contributed by atoms with Crippen LogP contribution in [0.15, 0.2) is 6.07 Å². The van der Waals surface area contributed by atoms with E-state index in [0.717, 1.165) is 17.2 Å². The summed E-state index contributed by atoms with van der Waals surface area (Å²) in [5.74, 6) is 0.860. The quantitative estimate of drug-likeness (QED) is 0.660. The molecule has 0 N–H and O–H groups in total. The molecule has 1 aromatic rings. The summed E-state index contributed by atoms with van der Waals surface area (Å²) in [6.45, 7) is 5.29. The van der Waals surface area contributed by atoms with Crippen molar-refractivity contribution in [2.45, 2.75) is 27.2 Å². The van der Waals surface area contributed by atoms with Crippen LogP contribution in [0.4, 0.5) is 0 Å². The van der Waals surface area contributed by atoms with E-state index in [4.69, 9.17) is 0 Å². The lowest BCUT2D eigenvalue weighted by atomic mass is 10.2. The van der Waals surface area contributed by atoms with Crippen molar-refractivity contribution in [2.24, 2.45) is 0 Å². The first kappa shape index (κ1) is 8.84. The van der Waals surface area contributed by atoms with Crippen molar-refractivity contribution in [3.63, 3.8) is 0 Å². The average molecular weight is 164 g/mol. The lowest BCUT2D eigenvalue weighted by molar-refractivity contribution is -0.116. The van der Waals surface area contributed by atoms with Crippen molar-refractivity contribution in [1.29, 1.82) is 0 Å². The van der Waals surface area contributed by atoms with Crippen molar-refractivity contribution in [3.05, 3.63) is 23.3 Å². The minimum Gasteiger partial charge on any atom is -0.300 e. The standard InChI is InChI=1S/C9H12N2O/c1-6-4-9(5-7(2)12)11-8(3)10-6/h4H,5H2,1-3H3. The van der Waals surface area contributed by atoms with Crippen molar-refractivity contribution in [1.82, 2.24) is 9.97 Å². The largest absolute Gasteiger partial charge is 0.300 e. The van der Waals surface area contributed by atoms with Crippen LogP contribution in [0.5, 0.6) is 0 Å². The summed E-state index contributed by atoms with van der Waals surface area (Å²) in [6, 6.07) is 1.84. The predicted molar refractivity (Wildman–Crippen MR) is 45.9 cm³/mol. The van der Waals surface area contributed by atoms with Gasteiger partial charge in [-0.05, 0) is 26.8 Å². The predicted octanol–water partition coefficient (Wildman–Crippen LogP) is 1.22. The monoisotopic (exact) mass is 164 g/mol. The number of aromatic nitrogens is 2. The van der Waals surface area contributed by atoms with Gasteiger partial charge in [0.05, 0.1) is 5.69 Å². The van der Waals surface area contributed by atoms with E-state index in [0.29, 0.717) is 6.42 Å². The highest BCUT2D eigenvalue weighted by atomic mass is 16.1. The summed E-state index contributed by atoms with van der Waals surface area (Å²) in [5, 5.41) is 0. The SMILES string of the molecule is CC(=O)Cc1cc(C)nc(C)n1. The van der Waals surface area contributed by atoms with Crippen molar-refractivity contribution in [2.75, 3.05) is 0 Å². The minimum atomic E-state index is 0.132. The van der Waals surface area contributed by atoms with Gasteiger partial charge in [0.25, 0.3) is 0 Å². The van der Waals surface area contributed by atoms with Gasteiger partial charge in [0.1, 0.15) is 11.6 Å².